The third-order valence-corrected chi connectivity index (χ3v) is 7.61. The van der Waals surface area contributed by atoms with Gasteiger partial charge in [-0.3, -0.25) is 4.79 Å². The van der Waals surface area contributed by atoms with E-state index in [1.54, 1.807) is 24.3 Å². The van der Waals surface area contributed by atoms with E-state index in [9.17, 15) is 13.2 Å². The van der Waals surface area contributed by atoms with Gasteiger partial charge in [0, 0.05) is 19.0 Å². The highest BCUT2D eigenvalue weighted by molar-refractivity contribution is 7.89. The quantitative estimate of drug-likeness (QED) is 0.624. The minimum absolute atomic E-state index is 0.120. The minimum atomic E-state index is -3.69. The Balaban J connectivity index is 1.44. The summed E-state index contributed by atoms with van der Waals surface area (Å²) in [6.45, 7) is 2.95. The number of benzene rings is 2. The van der Waals surface area contributed by atoms with E-state index in [0.717, 1.165) is 11.7 Å². The molecular weight excluding hydrogens is 424 g/mol. The summed E-state index contributed by atoms with van der Waals surface area (Å²) in [6.07, 6.45) is 0.903. The maximum Gasteiger partial charge on any atom is 0.245 e. The molecule has 1 aromatic heterocycles. The van der Waals surface area contributed by atoms with E-state index in [1.165, 1.54) is 4.31 Å². The number of aromatic nitrogens is 2. The third-order valence-electron chi connectivity index (χ3n) is 5.14. The summed E-state index contributed by atoms with van der Waals surface area (Å²) in [5.74, 6) is 0.242. The maximum absolute atomic E-state index is 13.1. The van der Waals surface area contributed by atoms with Crippen molar-refractivity contribution in [3.63, 3.8) is 0 Å². The van der Waals surface area contributed by atoms with Gasteiger partial charge in [0.2, 0.25) is 15.9 Å². The van der Waals surface area contributed by atoms with E-state index in [-0.39, 0.29) is 29.8 Å². The lowest BCUT2D eigenvalue weighted by Crippen LogP contribution is -2.41. The van der Waals surface area contributed by atoms with Crippen LogP contribution < -0.4 is 10.1 Å². The molecule has 2 aromatic carbocycles. The van der Waals surface area contributed by atoms with Gasteiger partial charge in [0.25, 0.3) is 0 Å². The fourth-order valence-electron chi connectivity index (χ4n) is 3.57. The number of amides is 1. The first-order chi connectivity index (χ1) is 14.5. The van der Waals surface area contributed by atoms with Gasteiger partial charge in [-0.1, -0.05) is 18.2 Å². The van der Waals surface area contributed by atoms with Crippen molar-refractivity contribution < 1.29 is 17.9 Å². The molecule has 1 aliphatic heterocycles. The number of nitrogens with one attached hydrogen (secondary N) is 1. The first-order valence-corrected chi connectivity index (χ1v) is 11.9. The lowest BCUT2D eigenvalue weighted by molar-refractivity contribution is -0.120. The van der Waals surface area contributed by atoms with Gasteiger partial charge in [-0.2, -0.15) is 13.1 Å². The summed E-state index contributed by atoms with van der Waals surface area (Å²) < 4.78 is 41.5. The van der Waals surface area contributed by atoms with Crippen LogP contribution in [0.15, 0.2) is 47.4 Å². The lowest BCUT2D eigenvalue weighted by Gasteiger charge is -2.30. The first-order valence-electron chi connectivity index (χ1n) is 9.75. The highest BCUT2D eigenvalue weighted by atomic mass is 32.2. The van der Waals surface area contributed by atoms with Gasteiger partial charge < -0.3 is 10.1 Å². The Morgan fingerprint density at radius 3 is 2.70 bits per heavy atom. The van der Waals surface area contributed by atoms with Crippen LogP contribution in [0.2, 0.25) is 0 Å². The van der Waals surface area contributed by atoms with Crippen LogP contribution in [0, 0.1) is 5.92 Å². The van der Waals surface area contributed by atoms with E-state index < -0.39 is 10.0 Å². The summed E-state index contributed by atoms with van der Waals surface area (Å²) in [4.78, 5) is 12.9. The topological polar surface area (TPSA) is 101 Å². The Morgan fingerprint density at radius 2 is 1.93 bits per heavy atom. The Morgan fingerprint density at radius 1 is 1.17 bits per heavy atom. The molecule has 158 valence electrons. The number of para-hydroxylation sites is 2. The van der Waals surface area contributed by atoms with Gasteiger partial charge in [-0.25, -0.2) is 8.42 Å². The molecule has 1 saturated heterocycles. The molecule has 1 N–H and O–H groups in total. The van der Waals surface area contributed by atoms with Gasteiger partial charge in [-0.15, -0.1) is 0 Å². The van der Waals surface area contributed by atoms with E-state index in [0.29, 0.717) is 41.9 Å². The largest absolute Gasteiger partial charge is 0.492 e. The number of carbonyl (C=O) groups is 1. The maximum atomic E-state index is 13.1. The number of ether oxygens (including phenoxy) is 1. The fraction of sp³-hybridized carbons (Fsp3) is 0.350. The highest BCUT2D eigenvalue weighted by Gasteiger charge is 2.33. The molecule has 0 aliphatic carbocycles. The highest BCUT2D eigenvalue weighted by Crippen LogP contribution is 2.30. The van der Waals surface area contributed by atoms with Gasteiger partial charge in [-0.05, 0) is 44.0 Å². The fourth-order valence-corrected chi connectivity index (χ4v) is 5.80. The van der Waals surface area contributed by atoms with Crippen molar-refractivity contribution in [2.75, 3.05) is 25.0 Å². The molecule has 0 saturated carbocycles. The average molecular weight is 447 g/mol. The standard InChI is InChI=1S/C20H22N4O4S2/c1-2-28-17-8-4-3-6-15(17)21-20(25)14-10-12-24(13-11-14)30(26,27)18-9-5-7-16-19(18)23-29-22-16/h3-9,14H,2,10-13H2,1H3,(H,21,25). The van der Waals surface area contributed by atoms with Crippen molar-refractivity contribution in [2.24, 2.45) is 5.92 Å². The summed E-state index contributed by atoms with van der Waals surface area (Å²) in [6, 6.07) is 12.3. The van der Waals surface area contributed by atoms with Crippen LogP contribution >= 0.6 is 11.7 Å². The van der Waals surface area contributed by atoms with Gasteiger partial charge in [0.1, 0.15) is 21.7 Å². The Bertz CT molecular complexity index is 1150. The van der Waals surface area contributed by atoms with Crippen molar-refractivity contribution in [1.82, 2.24) is 13.1 Å². The van der Waals surface area contributed by atoms with Gasteiger partial charge in [0.05, 0.1) is 24.0 Å². The molecule has 1 fully saturated rings. The smallest absolute Gasteiger partial charge is 0.245 e. The second kappa shape index (κ2) is 8.66. The second-order valence-electron chi connectivity index (χ2n) is 6.98. The van der Waals surface area contributed by atoms with Crippen molar-refractivity contribution in [3.05, 3.63) is 42.5 Å². The SMILES string of the molecule is CCOc1ccccc1NC(=O)C1CCN(S(=O)(=O)c2cccc3nsnc23)CC1. The molecule has 0 atom stereocenters. The summed E-state index contributed by atoms with van der Waals surface area (Å²) >= 11 is 0.993. The van der Waals surface area contributed by atoms with E-state index in [4.69, 9.17) is 4.74 Å². The van der Waals surface area contributed by atoms with Crippen molar-refractivity contribution >= 4 is 44.4 Å². The number of piperidine rings is 1. The third kappa shape index (κ3) is 4.03. The molecular formula is C20H22N4O4S2. The first kappa shape index (κ1) is 20.7. The van der Waals surface area contributed by atoms with E-state index >= 15 is 0 Å². The zero-order chi connectivity index (χ0) is 21.1. The van der Waals surface area contributed by atoms with Crippen molar-refractivity contribution in [1.29, 1.82) is 0 Å². The van der Waals surface area contributed by atoms with Crippen LogP contribution in [0.3, 0.4) is 0 Å². The summed E-state index contributed by atoms with van der Waals surface area (Å²) in [5.41, 5.74) is 1.60. The van der Waals surface area contributed by atoms with Crippen LogP contribution in [-0.4, -0.2) is 47.1 Å². The number of hydrogen-bond donors (Lipinski definition) is 1. The molecule has 3 aromatic rings. The lowest BCUT2D eigenvalue weighted by atomic mass is 9.97. The Labute approximate surface area is 179 Å². The molecule has 30 heavy (non-hydrogen) atoms. The number of hydrogen-bond acceptors (Lipinski definition) is 7. The number of nitrogens with zero attached hydrogens (tertiary/aromatic N) is 3. The molecule has 2 heterocycles. The van der Waals surface area contributed by atoms with E-state index in [1.807, 2.05) is 25.1 Å². The zero-order valence-electron chi connectivity index (χ0n) is 16.4. The van der Waals surface area contributed by atoms with Gasteiger partial charge in [0.15, 0.2) is 0 Å². The second-order valence-corrected chi connectivity index (χ2v) is 9.42. The molecule has 0 radical (unpaired) electrons. The van der Waals surface area contributed by atoms with Crippen LogP contribution in [0.1, 0.15) is 19.8 Å². The Kier molecular flexibility index (Phi) is 5.98. The normalized spacial score (nSPS) is 15.9. The molecule has 0 bridgehead atoms. The predicted octanol–water partition coefficient (Wildman–Crippen LogP) is 3.13. The average Bonchev–Trinajstić information content (AvgIpc) is 3.24. The summed E-state index contributed by atoms with van der Waals surface area (Å²) in [7, 11) is -3.69. The minimum Gasteiger partial charge on any atom is -0.492 e. The molecule has 4 rings (SSSR count). The number of anilines is 1. The predicted molar refractivity (Wildman–Crippen MR) is 115 cm³/mol. The molecule has 8 nitrogen and oxygen atoms in total. The molecule has 0 unspecified atom stereocenters. The molecule has 1 aliphatic rings. The van der Waals surface area contributed by atoms with E-state index in [2.05, 4.69) is 14.1 Å². The van der Waals surface area contributed by atoms with Crippen molar-refractivity contribution in [3.8, 4) is 5.75 Å². The number of fused-ring (bicyclic) bond motifs is 1. The van der Waals surface area contributed by atoms with Crippen LogP contribution in [0.4, 0.5) is 5.69 Å². The molecule has 0 spiro atoms. The summed E-state index contributed by atoms with van der Waals surface area (Å²) in [5, 5.41) is 2.92. The monoisotopic (exact) mass is 446 g/mol. The van der Waals surface area contributed by atoms with Crippen LogP contribution in [-0.2, 0) is 14.8 Å². The number of carbonyl (C=O) groups excluding carboxylic acids is 1. The molecule has 10 heteroatoms. The number of rotatable bonds is 6. The number of sulfonamides is 1. The van der Waals surface area contributed by atoms with Crippen molar-refractivity contribution in [2.45, 2.75) is 24.7 Å². The molecule has 1 amide bonds. The van der Waals surface area contributed by atoms with Crippen LogP contribution in [0.5, 0.6) is 5.75 Å². The van der Waals surface area contributed by atoms with Gasteiger partial charge >= 0.3 is 0 Å². The van der Waals surface area contributed by atoms with Crippen LogP contribution in [0.25, 0.3) is 11.0 Å². The Hall–Kier alpha value is -2.56. The zero-order valence-corrected chi connectivity index (χ0v) is 18.1.